The van der Waals surface area contributed by atoms with Crippen molar-refractivity contribution >= 4 is 22.5 Å². The van der Waals surface area contributed by atoms with Gasteiger partial charge in [0.05, 0.1) is 0 Å². The first kappa shape index (κ1) is 14.4. The molecule has 0 aliphatic rings. The highest BCUT2D eigenvalue weighted by molar-refractivity contribution is 5.95. The SMILES string of the molecule is Cc1ccc2c(ccn2C(C)C(=O)Nc2ccccc2C)c1. The van der Waals surface area contributed by atoms with Crippen LogP contribution in [0.2, 0.25) is 0 Å². The zero-order chi connectivity index (χ0) is 15.7. The molecule has 3 rings (SSSR count). The van der Waals surface area contributed by atoms with Crippen LogP contribution in [-0.2, 0) is 4.79 Å². The molecular formula is C19H20N2O. The van der Waals surface area contributed by atoms with E-state index < -0.39 is 0 Å². The van der Waals surface area contributed by atoms with E-state index >= 15 is 0 Å². The zero-order valence-corrected chi connectivity index (χ0v) is 13.1. The van der Waals surface area contributed by atoms with Crippen molar-refractivity contribution in [3.05, 3.63) is 65.9 Å². The third-order valence-corrected chi connectivity index (χ3v) is 4.08. The Morgan fingerprint density at radius 2 is 1.86 bits per heavy atom. The summed E-state index contributed by atoms with van der Waals surface area (Å²) in [7, 11) is 0. The molecule has 2 aromatic carbocycles. The Morgan fingerprint density at radius 3 is 2.64 bits per heavy atom. The first-order valence-electron chi connectivity index (χ1n) is 7.50. The minimum atomic E-state index is -0.264. The van der Waals surface area contributed by atoms with Crippen LogP contribution in [0.3, 0.4) is 0 Å². The van der Waals surface area contributed by atoms with E-state index in [1.165, 1.54) is 5.56 Å². The number of amides is 1. The summed E-state index contributed by atoms with van der Waals surface area (Å²) in [6, 6.07) is 15.9. The molecule has 0 fully saturated rings. The maximum Gasteiger partial charge on any atom is 0.247 e. The average molecular weight is 292 g/mol. The molecule has 3 nitrogen and oxygen atoms in total. The molecule has 0 aliphatic carbocycles. The van der Waals surface area contributed by atoms with Crippen LogP contribution in [0, 0.1) is 13.8 Å². The number of hydrogen-bond acceptors (Lipinski definition) is 1. The lowest BCUT2D eigenvalue weighted by atomic mass is 10.1. The van der Waals surface area contributed by atoms with Crippen LogP contribution in [-0.4, -0.2) is 10.5 Å². The topological polar surface area (TPSA) is 34.0 Å². The van der Waals surface area contributed by atoms with Gasteiger partial charge in [-0.2, -0.15) is 0 Å². The Morgan fingerprint density at radius 1 is 1.09 bits per heavy atom. The number of rotatable bonds is 3. The summed E-state index contributed by atoms with van der Waals surface area (Å²) in [6.45, 7) is 5.99. The minimum absolute atomic E-state index is 0.00706. The first-order valence-corrected chi connectivity index (χ1v) is 7.50. The van der Waals surface area contributed by atoms with Crippen LogP contribution < -0.4 is 5.32 Å². The number of fused-ring (bicyclic) bond motifs is 1. The smallest absolute Gasteiger partial charge is 0.247 e. The van der Waals surface area contributed by atoms with Crippen LogP contribution in [0.25, 0.3) is 10.9 Å². The molecule has 1 heterocycles. The highest BCUT2D eigenvalue weighted by Crippen LogP contribution is 2.23. The average Bonchev–Trinajstić information content (AvgIpc) is 2.91. The second-order valence-corrected chi connectivity index (χ2v) is 5.77. The first-order chi connectivity index (χ1) is 10.6. The monoisotopic (exact) mass is 292 g/mol. The lowest BCUT2D eigenvalue weighted by Crippen LogP contribution is -2.23. The van der Waals surface area contributed by atoms with Crippen molar-refractivity contribution in [3.8, 4) is 0 Å². The van der Waals surface area contributed by atoms with E-state index in [1.54, 1.807) is 0 Å². The normalized spacial score (nSPS) is 12.3. The maximum absolute atomic E-state index is 12.5. The number of benzene rings is 2. The molecule has 3 heteroatoms. The molecule has 1 atom stereocenters. The van der Waals surface area contributed by atoms with Gasteiger partial charge in [-0.3, -0.25) is 4.79 Å². The van der Waals surface area contributed by atoms with Crippen molar-refractivity contribution in [2.75, 3.05) is 5.32 Å². The van der Waals surface area contributed by atoms with Gasteiger partial charge in [0, 0.05) is 17.4 Å². The molecule has 1 N–H and O–H groups in total. The standard InChI is InChI=1S/C19H20N2O/c1-13-8-9-18-16(12-13)10-11-21(18)15(3)19(22)20-17-7-5-4-6-14(17)2/h4-12,15H,1-3H3,(H,20,22). The molecule has 0 radical (unpaired) electrons. The molecule has 3 aromatic rings. The Bertz CT molecular complexity index is 832. The van der Waals surface area contributed by atoms with Gasteiger partial charge in [-0.25, -0.2) is 0 Å². The quantitative estimate of drug-likeness (QED) is 0.760. The van der Waals surface area contributed by atoms with Gasteiger partial charge in [-0.05, 0) is 56.0 Å². The number of para-hydroxylation sites is 1. The number of nitrogens with zero attached hydrogens (tertiary/aromatic N) is 1. The van der Waals surface area contributed by atoms with E-state index in [1.807, 2.05) is 48.9 Å². The van der Waals surface area contributed by atoms with Gasteiger partial charge < -0.3 is 9.88 Å². The lowest BCUT2D eigenvalue weighted by molar-refractivity contribution is -0.118. The fourth-order valence-corrected chi connectivity index (χ4v) is 2.70. The maximum atomic E-state index is 12.5. The number of aryl methyl sites for hydroxylation is 2. The van der Waals surface area contributed by atoms with Crippen molar-refractivity contribution in [3.63, 3.8) is 0 Å². The summed E-state index contributed by atoms with van der Waals surface area (Å²) in [4.78, 5) is 12.5. The summed E-state index contributed by atoms with van der Waals surface area (Å²) in [6.07, 6.45) is 1.98. The summed E-state index contributed by atoms with van der Waals surface area (Å²) in [5, 5.41) is 4.18. The Labute approximate surface area is 130 Å². The summed E-state index contributed by atoms with van der Waals surface area (Å²) < 4.78 is 2.02. The third kappa shape index (κ3) is 2.62. The minimum Gasteiger partial charge on any atom is -0.335 e. The number of nitrogens with one attached hydrogen (secondary N) is 1. The van der Waals surface area contributed by atoms with Crippen molar-refractivity contribution in [2.24, 2.45) is 0 Å². The van der Waals surface area contributed by atoms with Gasteiger partial charge in [0.25, 0.3) is 0 Å². The molecule has 0 saturated heterocycles. The lowest BCUT2D eigenvalue weighted by Gasteiger charge is -2.16. The van der Waals surface area contributed by atoms with Crippen molar-refractivity contribution in [1.29, 1.82) is 0 Å². The van der Waals surface area contributed by atoms with Crippen LogP contribution in [0.15, 0.2) is 54.7 Å². The molecular weight excluding hydrogens is 272 g/mol. The highest BCUT2D eigenvalue weighted by Gasteiger charge is 2.17. The van der Waals surface area contributed by atoms with Gasteiger partial charge in [-0.1, -0.05) is 29.8 Å². The van der Waals surface area contributed by atoms with Gasteiger partial charge >= 0.3 is 0 Å². The molecule has 0 aliphatic heterocycles. The van der Waals surface area contributed by atoms with Crippen molar-refractivity contribution < 1.29 is 4.79 Å². The number of aromatic nitrogens is 1. The summed E-state index contributed by atoms with van der Waals surface area (Å²) >= 11 is 0. The number of hydrogen-bond donors (Lipinski definition) is 1. The van der Waals surface area contributed by atoms with E-state index in [4.69, 9.17) is 0 Å². The summed E-state index contributed by atoms with van der Waals surface area (Å²) in [5.74, 6) is -0.00706. The second kappa shape index (κ2) is 5.68. The fraction of sp³-hybridized carbons (Fsp3) is 0.211. The highest BCUT2D eigenvalue weighted by atomic mass is 16.2. The van der Waals surface area contributed by atoms with Crippen LogP contribution in [0.4, 0.5) is 5.69 Å². The van der Waals surface area contributed by atoms with Crippen LogP contribution >= 0.6 is 0 Å². The molecule has 22 heavy (non-hydrogen) atoms. The molecule has 0 saturated carbocycles. The van der Waals surface area contributed by atoms with Gasteiger partial charge in [-0.15, -0.1) is 0 Å². The Kier molecular flexibility index (Phi) is 3.72. The Hall–Kier alpha value is -2.55. The number of anilines is 1. The largest absolute Gasteiger partial charge is 0.335 e. The molecule has 112 valence electrons. The Balaban J connectivity index is 1.87. The van der Waals surface area contributed by atoms with E-state index in [0.717, 1.165) is 22.2 Å². The van der Waals surface area contributed by atoms with Gasteiger partial charge in [0.2, 0.25) is 5.91 Å². The zero-order valence-electron chi connectivity index (χ0n) is 13.1. The third-order valence-electron chi connectivity index (χ3n) is 4.08. The van der Waals surface area contributed by atoms with E-state index in [-0.39, 0.29) is 11.9 Å². The molecule has 1 unspecified atom stereocenters. The predicted molar refractivity (Wildman–Crippen MR) is 91.2 cm³/mol. The van der Waals surface area contributed by atoms with E-state index in [0.29, 0.717) is 0 Å². The van der Waals surface area contributed by atoms with Crippen LogP contribution in [0.5, 0.6) is 0 Å². The van der Waals surface area contributed by atoms with Gasteiger partial charge in [0.1, 0.15) is 6.04 Å². The fourth-order valence-electron chi connectivity index (χ4n) is 2.70. The van der Waals surface area contributed by atoms with Crippen LogP contribution in [0.1, 0.15) is 24.1 Å². The number of carbonyl (C=O) groups excluding carboxylic acids is 1. The van der Waals surface area contributed by atoms with E-state index in [2.05, 4.69) is 36.5 Å². The van der Waals surface area contributed by atoms with Crippen molar-refractivity contribution in [2.45, 2.75) is 26.8 Å². The van der Waals surface area contributed by atoms with Crippen molar-refractivity contribution in [1.82, 2.24) is 4.57 Å². The number of carbonyl (C=O) groups is 1. The molecule has 1 amide bonds. The predicted octanol–water partition coefficient (Wildman–Crippen LogP) is 4.46. The molecule has 0 spiro atoms. The second-order valence-electron chi connectivity index (χ2n) is 5.77. The van der Waals surface area contributed by atoms with E-state index in [9.17, 15) is 4.79 Å². The van der Waals surface area contributed by atoms with Gasteiger partial charge in [0.15, 0.2) is 0 Å². The molecule has 1 aromatic heterocycles. The molecule has 0 bridgehead atoms. The summed E-state index contributed by atoms with van der Waals surface area (Å²) in [5.41, 5.74) is 4.24.